The molecule has 0 bridgehead atoms. The third-order valence-corrected chi connectivity index (χ3v) is 3.56. The SMILES string of the molecule is C#CCN(C)CCC1CCc2cccc(O)c21. The van der Waals surface area contributed by atoms with E-state index in [9.17, 15) is 5.11 Å². The molecule has 1 aromatic carbocycles. The molecule has 0 saturated heterocycles. The molecular weight excluding hydrogens is 210 g/mol. The molecule has 0 fully saturated rings. The molecule has 0 heterocycles. The number of phenols is 1. The fraction of sp³-hybridized carbons (Fsp3) is 0.467. The van der Waals surface area contributed by atoms with E-state index in [0.29, 0.717) is 18.2 Å². The van der Waals surface area contributed by atoms with Gasteiger partial charge < -0.3 is 5.11 Å². The van der Waals surface area contributed by atoms with Crippen molar-refractivity contribution in [3.8, 4) is 18.1 Å². The van der Waals surface area contributed by atoms with Crippen LogP contribution < -0.4 is 0 Å². The van der Waals surface area contributed by atoms with Gasteiger partial charge in [-0.15, -0.1) is 6.42 Å². The zero-order valence-corrected chi connectivity index (χ0v) is 10.3. The number of aryl methyl sites for hydroxylation is 1. The number of hydrogen-bond acceptors (Lipinski definition) is 2. The summed E-state index contributed by atoms with van der Waals surface area (Å²) in [6, 6.07) is 5.85. The van der Waals surface area contributed by atoms with Crippen molar-refractivity contribution in [1.29, 1.82) is 0 Å². The van der Waals surface area contributed by atoms with Crippen molar-refractivity contribution >= 4 is 0 Å². The standard InChI is InChI=1S/C15H19NO/c1-3-10-16(2)11-9-13-8-7-12-5-4-6-14(17)15(12)13/h1,4-6,13,17H,7-11H2,2H3. The maximum Gasteiger partial charge on any atom is 0.119 e. The van der Waals surface area contributed by atoms with Crippen molar-refractivity contribution in [3.05, 3.63) is 29.3 Å². The molecule has 0 radical (unpaired) electrons. The van der Waals surface area contributed by atoms with Gasteiger partial charge in [0.05, 0.1) is 6.54 Å². The van der Waals surface area contributed by atoms with Crippen molar-refractivity contribution in [2.45, 2.75) is 25.2 Å². The van der Waals surface area contributed by atoms with E-state index in [2.05, 4.69) is 16.9 Å². The van der Waals surface area contributed by atoms with Gasteiger partial charge in [-0.2, -0.15) is 0 Å². The first-order valence-corrected chi connectivity index (χ1v) is 6.15. The van der Waals surface area contributed by atoms with E-state index in [0.717, 1.165) is 25.8 Å². The summed E-state index contributed by atoms with van der Waals surface area (Å²) in [5.41, 5.74) is 2.48. The Kier molecular flexibility index (Phi) is 3.71. The summed E-state index contributed by atoms with van der Waals surface area (Å²) < 4.78 is 0. The highest BCUT2D eigenvalue weighted by molar-refractivity contribution is 5.45. The number of fused-ring (bicyclic) bond motifs is 1. The highest BCUT2D eigenvalue weighted by Crippen LogP contribution is 2.40. The number of aromatic hydroxyl groups is 1. The first-order chi connectivity index (χ1) is 8.22. The second-order valence-corrected chi connectivity index (χ2v) is 4.82. The Balaban J connectivity index is 2.00. The molecule has 0 saturated carbocycles. The predicted molar refractivity (Wildman–Crippen MR) is 70.1 cm³/mol. The molecule has 1 atom stereocenters. The van der Waals surface area contributed by atoms with Crippen LogP contribution in [0.1, 0.15) is 29.9 Å². The van der Waals surface area contributed by atoms with E-state index in [1.165, 1.54) is 11.1 Å². The minimum Gasteiger partial charge on any atom is -0.508 e. The van der Waals surface area contributed by atoms with Crippen LogP contribution in [0.3, 0.4) is 0 Å². The molecule has 1 aliphatic rings. The van der Waals surface area contributed by atoms with Gasteiger partial charge in [0.1, 0.15) is 5.75 Å². The molecule has 0 aromatic heterocycles. The largest absolute Gasteiger partial charge is 0.508 e. The molecule has 2 nitrogen and oxygen atoms in total. The lowest BCUT2D eigenvalue weighted by Crippen LogP contribution is -2.21. The molecule has 1 N–H and O–H groups in total. The van der Waals surface area contributed by atoms with E-state index in [1.807, 2.05) is 13.1 Å². The number of terminal acetylenes is 1. The van der Waals surface area contributed by atoms with Crippen molar-refractivity contribution in [3.63, 3.8) is 0 Å². The van der Waals surface area contributed by atoms with E-state index >= 15 is 0 Å². The predicted octanol–water partition coefficient (Wildman–Crippen LogP) is 2.38. The minimum atomic E-state index is 0.463. The van der Waals surface area contributed by atoms with Crippen molar-refractivity contribution < 1.29 is 5.11 Å². The van der Waals surface area contributed by atoms with Gasteiger partial charge in [-0.1, -0.05) is 18.1 Å². The van der Waals surface area contributed by atoms with Crippen LogP contribution in [-0.4, -0.2) is 30.1 Å². The number of benzene rings is 1. The molecule has 90 valence electrons. The third-order valence-electron chi connectivity index (χ3n) is 3.56. The summed E-state index contributed by atoms with van der Waals surface area (Å²) >= 11 is 0. The van der Waals surface area contributed by atoms with Crippen molar-refractivity contribution in [2.75, 3.05) is 20.1 Å². The Labute approximate surface area is 103 Å². The van der Waals surface area contributed by atoms with Crippen LogP contribution in [0.2, 0.25) is 0 Å². The Morgan fingerprint density at radius 3 is 3.12 bits per heavy atom. The van der Waals surface area contributed by atoms with Crippen LogP contribution >= 0.6 is 0 Å². The fourth-order valence-corrected chi connectivity index (χ4v) is 2.66. The lowest BCUT2D eigenvalue weighted by molar-refractivity contribution is 0.350. The molecule has 1 unspecified atom stereocenters. The highest BCUT2D eigenvalue weighted by atomic mass is 16.3. The molecule has 2 rings (SSSR count). The molecular formula is C15H19NO. The summed E-state index contributed by atoms with van der Waals surface area (Å²) in [6.07, 6.45) is 8.59. The molecule has 1 aromatic rings. The second-order valence-electron chi connectivity index (χ2n) is 4.82. The Morgan fingerprint density at radius 2 is 2.35 bits per heavy atom. The first-order valence-electron chi connectivity index (χ1n) is 6.15. The van der Waals surface area contributed by atoms with Gasteiger partial charge in [-0.25, -0.2) is 0 Å². The van der Waals surface area contributed by atoms with Crippen LogP contribution in [0.15, 0.2) is 18.2 Å². The molecule has 0 aliphatic heterocycles. The average molecular weight is 229 g/mol. The van der Waals surface area contributed by atoms with Crippen LogP contribution in [0, 0.1) is 12.3 Å². The van der Waals surface area contributed by atoms with E-state index in [1.54, 1.807) is 6.07 Å². The summed E-state index contributed by atoms with van der Waals surface area (Å²) in [6.45, 7) is 1.68. The van der Waals surface area contributed by atoms with Gasteiger partial charge in [-0.05, 0) is 50.4 Å². The minimum absolute atomic E-state index is 0.463. The van der Waals surface area contributed by atoms with E-state index < -0.39 is 0 Å². The van der Waals surface area contributed by atoms with Gasteiger partial charge in [0.25, 0.3) is 0 Å². The normalized spacial score (nSPS) is 18.1. The van der Waals surface area contributed by atoms with Crippen LogP contribution in [0.5, 0.6) is 5.75 Å². The van der Waals surface area contributed by atoms with Crippen LogP contribution in [0.4, 0.5) is 0 Å². The number of phenolic OH excluding ortho intramolecular Hbond substituents is 1. The maximum absolute atomic E-state index is 9.92. The molecule has 17 heavy (non-hydrogen) atoms. The topological polar surface area (TPSA) is 23.5 Å². The smallest absolute Gasteiger partial charge is 0.119 e. The van der Waals surface area contributed by atoms with E-state index in [-0.39, 0.29) is 0 Å². The highest BCUT2D eigenvalue weighted by Gasteiger charge is 2.25. The van der Waals surface area contributed by atoms with Crippen LogP contribution in [0.25, 0.3) is 0 Å². The average Bonchev–Trinajstić information content (AvgIpc) is 2.71. The van der Waals surface area contributed by atoms with Gasteiger partial charge >= 0.3 is 0 Å². The lowest BCUT2D eigenvalue weighted by atomic mass is 9.97. The number of hydrogen-bond donors (Lipinski definition) is 1. The summed E-state index contributed by atoms with van der Waals surface area (Å²) in [5.74, 6) is 3.60. The zero-order valence-electron chi connectivity index (χ0n) is 10.3. The van der Waals surface area contributed by atoms with Crippen molar-refractivity contribution in [1.82, 2.24) is 4.90 Å². The maximum atomic E-state index is 9.92. The quantitative estimate of drug-likeness (QED) is 0.801. The van der Waals surface area contributed by atoms with Crippen LogP contribution in [-0.2, 0) is 6.42 Å². The van der Waals surface area contributed by atoms with Crippen molar-refractivity contribution in [2.24, 2.45) is 0 Å². The first kappa shape index (κ1) is 12.0. The van der Waals surface area contributed by atoms with Gasteiger partial charge in [-0.3, -0.25) is 4.90 Å². The molecule has 2 heteroatoms. The monoisotopic (exact) mass is 229 g/mol. The molecule has 0 amide bonds. The Bertz CT molecular complexity index is 433. The third kappa shape index (κ3) is 2.62. The summed E-state index contributed by atoms with van der Waals surface area (Å²) in [7, 11) is 2.04. The van der Waals surface area contributed by atoms with Gasteiger partial charge in [0, 0.05) is 5.56 Å². The number of nitrogens with zero attached hydrogens (tertiary/aromatic N) is 1. The van der Waals surface area contributed by atoms with Gasteiger partial charge in [0.2, 0.25) is 0 Å². The summed E-state index contributed by atoms with van der Waals surface area (Å²) in [5, 5.41) is 9.92. The fourth-order valence-electron chi connectivity index (χ4n) is 2.66. The Hall–Kier alpha value is -1.46. The second kappa shape index (κ2) is 5.25. The lowest BCUT2D eigenvalue weighted by Gasteiger charge is -2.17. The number of rotatable bonds is 4. The molecule has 0 spiro atoms. The van der Waals surface area contributed by atoms with E-state index in [4.69, 9.17) is 6.42 Å². The molecule has 1 aliphatic carbocycles. The Morgan fingerprint density at radius 1 is 1.53 bits per heavy atom. The summed E-state index contributed by atoms with van der Waals surface area (Å²) in [4.78, 5) is 2.15. The zero-order chi connectivity index (χ0) is 12.3. The van der Waals surface area contributed by atoms with Gasteiger partial charge in [0.15, 0.2) is 0 Å².